The minimum absolute atomic E-state index is 0.0826. The minimum Gasteiger partial charge on any atom is -0.435 e. The predicted octanol–water partition coefficient (Wildman–Crippen LogP) is 5.37. The summed E-state index contributed by atoms with van der Waals surface area (Å²) in [4.78, 5) is 0. The van der Waals surface area contributed by atoms with Crippen molar-refractivity contribution in [3.63, 3.8) is 0 Å². The summed E-state index contributed by atoms with van der Waals surface area (Å²) in [5, 5.41) is 0. The Labute approximate surface area is 157 Å². The first kappa shape index (κ1) is 17.3. The smallest absolute Gasteiger partial charge is 0.287 e. The molecule has 2 atom stereocenters. The van der Waals surface area contributed by atoms with Gasteiger partial charge in [-0.25, -0.2) is 0 Å². The van der Waals surface area contributed by atoms with E-state index in [1.54, 1.807) is 0 Å². The van der Waals surface area contributed by atoms with Crippen LogP contribution in [0.5, 0.6) is 5.75 Å². The van der Waals surface area contributed by atoms with Gasteiger partial charge in [0.1, 0.15) is 5.75 Å². The molecule has 1 fully saturated rings. The Morgan fingerprint density at radius 1 is 0.962 bits per heavy atom. The Bertz CT molecular complexity index is 806. The maximum atomic E-state index is 6.37. The fraction of sp³-hybridized carbons (Fsp3) is 0.458. The van der Waals surface area contributed by atoms with E-state index in [0.717, 1.165) is 11.7 Å². The van der Waals surface area contributed by atoms with Gasteiger partial charge in [0.15, 0.2) is 12.3 Å². The molecule has 4 rings (SSSR count). The molecule has 2 aromatic carbocycles. The van der Waals surface area contributed by atoms with Gasteiger partial charge >= 0.3 is 0 Å². The SMILES string of the molecule is CC1CCCCC1[N+]1=Cc2cccc(C(C)(C)c3ccccc3)c2OC1. The van der Waals surface area contributed by atoms with Crippen LogP contribution < -0.4 is 4.74 Å². The topological polar surface area (TPSA) is 12.2 Å². The third-order valence-corrected chi connectivity index (χ3v) is 6.37. The van der Waals surface area contributed by atoms with Crippen LogP contribution >= 0.6 is 0 Å². The lowest BCUT2D eigenvalue weighted by Gasteiger charge is -2.31. The second kappa shape index (κ2) is 6.90. The number of nitrogens with zero attached hydrogens (tertiary/aromatic N) is 1. The van der Waals surface area contributed by atoms with Crippen molar-refractivity contribution in [1.29, 1.82) is 0 Å². The Morgan fingerprint density at radius 3 is 2.50 bits per heavy atom. The van der Waals surface area contributed by atoms with E-state index >= 15 is 0 Å². The fourth-order valence-electron chi connectivity index (χ4n) is 4.66. The molecule has 26 heavy (non-hydrogen) atoms. The molecule has 1 aliphatic heterocycles. The molecule has 0 aromatic heterocycles. The first-order valence-electron chi connectivity index (χ1n) is 10.00. The van der Waals surface area contributed by atoms with Crippen LogP contribution in [0.4, 0.5) is 0 Å². The highest BCUT2D eigenvalue weighted by Crippen LogP contribution is 2.40. The predicted molar refractivity (Wildman–Crippen MR) is 107 cm³/mol. The number of rotatable bonds is 3. The van der Waals surface area contributed by atoms with Crippen molar-refractivity contribution in [2.45, 2.75) is 57.9 Å². The summed E-state index contributed by atoms with van der Waals surface area (Å²) < 4.78 is 8.81. The molecule has 1 saturated carbocycles. The summed E-state index contributed by atoms with van der Waals surface area (Å²) >= 11 is 0. The largest absolute Gasteiger partial charge is 0.435 e. The van der Waals surface area contributed by atoms with Gasteiger partial charge in [0.25, 0.3) is 6.73 Å². The number of hydrogen-bond acceptors (Lipinski definition) is 1. The molecule has 0 N–H and O–H groups in total. The average Bonchev–Trinajstić information content (AvgIpc) is 2.68. The first-order valence-corrected chi connectivity index (χ1v) is 10.00. The van der Waals surface area contributed by atoms with Gasteiger partial charge < -0.3 is 4.74 Å². The lowest BCUT2D eigenvalue weighted by atomic mass is 9.77. The van der Waals surface area contributed by atoms with Crippen molar-refractivity contribution < 1.29 is 9.31 Å². The summed E-state index contributed by atoms with van der Waals surface area (Å²) in [5.74, 6) is 1.80. The van der Waals surface area contributed by atoms with E-state index in [9.17, 15) is 0 Å². The molecular formula is C24H30NO+. The Morgan fingerprint density at radius 2 is 1.73 bits per heavy atom. The highest BCUT2D eigenvalue weighted by Gasteiger charge is 2.35. The van der Waals surface area contributed by atoms with Crippen molar-refractivity contribution in [2.24, 2.45) is 5.92 Å². The third-order valence-electron chi connectivity index (χ3n) is 6.37. The molecule has 1 aliphatic carbocycles. The molecule has 2 aliphatic rings. The molecule has 2 unspecified atom stereocenters. The van der Waals surface area contributed by atoms with E-state index in [4.69, 9.17) is 4.74 Å². The number of benzene rings is 2. The van der Waals surface area contributed by atoms with Crippen LogP contribution in [-0.4, -0.2) is 23.6 Å². The lowest BCUT2D eigenvalue weighted by molar-refractivity contribution is -0.601. The van der Waals surface area contributed by atoms with Gasteiger partial charge in [-0.2, -0.15) is 4.58 Å². The monoisotopic (exact) mass is 348 g/mol. The second-order valence-electron chi connectivity index (χ2n) is 8.46. The average molecular weight is 349 g/mol. The van der Waals surface area contributed by atoms with Crippen molar-refractivity contribution in [3.8, 4) is 5.75 Å². The van der Waals surface area contributed by atoms with E-state index in [1.807, 2.05) is 0 Å². The Kier molecular flexibility index (Phi) is 4.60. The van der Waals surface area contributed by atoms with Crippen LogP contribution in [-0.2, 0) is 5.41 Å². The molecule has 1 heterocycles. The second-order valence-corrected chi connectivity index (χ2v) is 8.46. The first-order chi connectivity index (χ1) is 12.6. The van der Waals surface area contributed by atoms with Crippen molar-refractivity contribution in [3.05, 3.63) is 65.2 Å². The highest BCUT2D eigenvalue weighted by molar-refractivity contribution is 5.82. The van der Waals surface area contributed by atoms with Crippen LogP contribution in [0.25, 0.3) is 0 Å². The summed E-state index contributed by atoms with van der Waals surface area (Å²) in [5.41, 5.74) is 3.73. The number of hydrogen-bond donors (Lipinski definition) is 0. The quantitative estimate of drug-likeness (QED) is 0.679. The molecule has 136 valence electrons. The van der Waals surface area contributed by atoms with E-state index in [1.165, 1.54) is 42.4 Å². The number of para-hydroxylation sites is 1. The van der Waals surface area contributed by atoms with Gasteiger partial charge in [-0.15, -0.1) is 0 Å². The molecule has 2 nitrogen and oxygen atoms in total. The zero-order chi connectivity index (χ0) is 18.1. The molecule has 2 heteroatoms. The Hall–Kier alpha value is -2.09. The van der Waals surface area contributed by atoms with Crippen LogP contribution in [0.15, 0.2) is 48.5 Å². The highest BCUT2D eigenvalue weighted by atomic mass is 16.5. The van der Waals surface area contributed by atoms with E-state index < -0.39 is 0 Å². The van der Waals surface area contributed by atoms with E-state index in [0.29, 0.717) is 12.8 Å². The van der Waals surface area contributed by atoms with Gasteiger partial charge in [0, 0.05) is 23.3 Å². The van der Waals surface area contributed by atoms with Gasteiger partial charge in [-0.3, -0.25) is 0 Å². The van der Waals surface area contributed by atoms with Gasteiger partial charge in [0.05, 0.1) is 5.56 Å². The maximum Gasteiger partial charge on any atom is 0.287 e. The molecular weight excluding hydrogens is 318 g/mol. The maximum absolute atomic E-state index is 6.37. The van der Waals surface area contributed by atoms with Crippen molar-refractivity contribution >= 4 is 6.21 Å². The molecule has 0 saturated heterocycles. The zero-order valence-electron chi connectivity index (χ0n) is 16.2. The third kappa shape index (κ3) is 3.06. The molecule has 0 radical (unpaired) electrons. The van der Waals surface area contributed by atoms with Crippen molar-refractivity contribution in [2.75, 3.05) is 6.73 Å². The van der Waals surface area contributed by atoms with Crippen LogP contribution in [0.1, 0.15) is 63.1 Å². The minimum atomic E-state index is -0.0826. The van der Waals surface area contributed by atoms with Crippen molar-refractivity contribution in [1.82, 2.24) is 0 Å². The molecule has 0 amide bonds. The van der Waals surface area contributed by atoms with Gasteiger partial charge in [-0.05, 0) is 24.5 Å². The summed E-state index contributed by atoms with van der Waals surface area (Å²) in [7, 11) is 0. The Balaban J connectivity index is 1.71. The number of ether oxygens (including phenoxy) is 1. The zero-order valence-corrected chi connectivity index (χ0v) is 16.2. The standard InChI is InChI=1S/C24H30NO/c1-18-10-7-8-15-22(18)25-16-19-11-9-14-21(23(19)26-17-25)24(2,3)20-12-5-4-6-13-20/h4-6,9,11-14,16,18,22H,7-8,10,15,17H2,1-3H3/q+1. The lowest BCUT2D eigenvalue weighted by Crippen LogP contribution is -2.40. The normalized spacial score (nSPS) is 23.0. The van der Waals surface area contributed by atoms with Crippen LogP contribution in [0.2, 0.25) is 0 Å². The van der Waals surface area contributed by atoms with Crippen LogP contribution in [0.3, 0.4) is 0 Å². The molecule has 0 bridgehead atoms. The van der Waals surface area contributed by atoms with E-state index in [-0.39, 0.29) is 5.41 Å². The fourth-order valence-corrected chi connectivity index (χ4v) is 4.66. The number of fused-ring (bicyclic) bond motifs is 1. The van der Waals surface area contributed by atoms with Gasteiger partial charge in [-0.1, -0.05) is 69.7 Å². The summed E-state index contributed by atoms with van der Waals surface area (Å²) in [6.45, 7) is 7.64. The van der Waals surface area contributed by atoms with E-state index in [2.05, 4.69) is 80.1 Å². The van der Waals surface area contributed by atoms with Gasteiger partial charge in [0.2, 0.25) is 0 Å². The summed E-state index contributed by atoms with van der Waals surface area (Å²) in [6.07, 6.45) is 7.68. The summed E-state index contributed by atoms with van der Waals surface area (Å²) in [6, 6.07) is 17.9. The molecule has 2 aromatic rings. The molecule has 0 spiro atoms. The van der Waals surface area contributed by atoms with Crippen LogP contribution in [0, 0.1) is 5.92 Å².